The van der Waals surface area contributed by atoms with Gasteiger partial charge in [-0.05, 0) is 30.9 Å². The monoisotopic (exact) mass is 369 g/mol. The summed E-state index contributed by atoms with van der Waals surface area (Å²) in [6.07, 6.45) is 0.297. The number of aliphatic hydroxyl groups excluding tert-OH is 1. The summed E-state index contributed by atoms with van der Waals surface area (Å²) in [4.78, 5) is 14.4. The molecule has 0 saturated carbocycles. The van der Waals surface area contributed by atoms with Gasteiger partial charge in [-0.15, -0.1) is 0 Å². The fraction of sp³-hybridized carbons (Fsp3) is 0.409. The number of nitrogens with zero attached hydrogens (tertiary/aromatic N) is 1. The average Bonchev–Trinajstić information content (AvgIpc) is 2.70. The van der Waals surface area contributed by atoms with Crippen molar-refractivity contribution in [2.45, 2.75) is 51.2 Å². The van der Waals surface area contributed by atoms with Crippen molar-refractivity contribution in [2.24, 2.45) is 0 Å². The Morgan fingerprint density at radius 1 is 1.07 bits per heavy atom. The molecule has 2 aromatic rings. The minimum absolute atomic E-state index is 0.101. The quantitative estimate of drug-likeness (QED) is 0.842. The van der Waals surface area contributed by atoms with E-state index < -0.39 is 6.10 Å². The zero-order valence-corrected chi connectivity index (χ0v) is 15.7. The number of ether oxygens (including phenoxy) is 2. The van der Waals surface area contributed by atoms with E-state index in [4.69, 9.17) is 9.47 Å². The van der Waals surface area contributed by atoms with Gasteiger partial charge in [-0.1, -0.05) is 60.7 Å². The summed E-state index contributed by atoms with van der Waals surface area (Å²) in [5.41, 5.74) is 1.99. The zero-order chi connectivity index (χ0) is 19.1. The third-order valence-corrected chi connectivity index (χ3v) is 4.84. The molecule has 3 atom stereocenters. The van der Waals surface area contributed by atoms with Gasteiger partial charge in [0.25, 0.3) is 0 Å². The van der Waals surface area contributed by atoms with Crippen molar-refractivity contribution in [1.82, 2.24) is 4.90 Å². The van der Waals surface area contributed by atoms with Gasteiger partial charge in [0.2, 0.25) is 0 Å². The minimum Gasteiger partial charge on any atom is -0.445 e. The topological polar surface area (TPSA) is 59.0 Å². The predicted octanol–water partition coefficient (Wildman–Crippen LogP) is 3.75. The van der Waals surface area contributed by atoms with Crippen LogP contribution in [0.25, 0.3) is 0 Å². The Labute approximate surface area is 160 Å². The van der Waals surface area contributed by atoms with Gasteiger partial charge < -0.3 is 19.5 Å². The van der Waals surface area contributed by atoms with Crippen LogP contribution in [-0.4, -0.2) is 41.0 Å². The molecule has 5 nitrogen and oxygen atoms in total. The third kappa shape index (κ3) is 5.81. The molecule has 144 valence electrons. The van der Waals surface area contributed by atoms with Gasteiger partial charge in [-0.3, -0.25) is 0 Å². The summed E-state index contributed by atoms with van der Waals surface area (Å²) in [7, 11) is 0. The Morgan fingerprint density at radius 2 is 1.70 bits per heavy atom. The number of aliphatic hydroxyl groups is 1. The summed E-state index contributed by atoms with van der Waals surface area (Å²) < 4.78 is 11.4. The normalized spacial score (nSPS) is 22.2. The fourth-order valence-electron chi connectivity index (χ4n) is 3.25. The van der Waals surface area contributed by atoms with Crippen LogP contribution in [0.5, 0.6) is 0 Å². The second kappa shape index (κ2) is 9.53. The minimum atomic E-state index is -0.436. The molecular weight excluding hydrogens is 342 g/mol. The molecule has 1 fully saturated rings. The molecule has 0 bridgehead atoms. The Hall–Kier alpha value is -2.37. The number of benzene rings is 2. The molecule has 1 aliphatic rings. The summed E-state index contributed by atoms with van der Waals surface area (Å²) in [6.45, 7) is 3.02. The average molecular weight is 369 g/mol. The van der Waals surface area contributed by atoms with Crippen molar-refractivity contribution >= 4 is 6.09 Å². The van der Waals surface area contributed by atoms with E-state index in [1.165, 1.54) is 0 Å². The smallest absolute Gasteiger partial charge is 0.410 e. The van der Waals surface area contributed by atoms with Crippen LogP contribution in [0.1, 0.15) is 30.9 Å². The molecule has 1 aliphatic heterocycles. The van der Waals surface area contributed by atoms with Crippen LogP contribution < -0.4 is 0 Å². The van der Waals surface area contributed by atoms with E-state index in [2.05, 4.69) is 0 Å². The highest BCUT2D eigenvalue weighted by atomic mass is 16.6. The van der Waals surface area contributed by atoms with Crippen LogP contribution in [0.15, 0.2) is 60.7 Å². The van der Waals surface area contributed by atoms with Crippen molar-refractivity contribution in [3.8, 4) is 0 Å². The van der Waals surface area contributed by atoms with Crippen LogP contribution in [0.2, 0.25) is 0 Å². The van der Waals surface area contributed by atoms with Crippen molar-refractivity contribution in [2.75, 3.05) is 6.54 Å². The lowest BCUT2D eigenvalue weighted by Crippen LogP contribution is -2.44. The first kappa shape index (κ1) is 19.4. The molecule has 1 amide bonds. The van der Waals surface area contributed by atoms with E-state index in [1.807, 2.05) is 67.6 Å². The molecule has 1 N–H and O–H groups in total. The first-order valence-corrected chi connectivity index (χ1v) is 9.45. The second-order valence-corrected chi connectivity index (χ2v) is 7.01. The lowest BCUT2D eigenvalue weighted by atomic mass is 10.0. The Balaban J connectivity index is 1.64. The molecular formula is C22H27NO4. The summed E-state index contributed by atoms with van der Waals surface area (Å²) in [6, 6.07) is 19.5. The van der Waals surface area contributed by atoms with Gasteiger partial charge in [0.15, 0.2) is 0 Å². The lowest BCUT2D eigenvalue weighted by Gasteiger charge is -2.34. The molecule has 27 heavy (non-hydrogen) atoms. The zero-order valence-electron chi connectivity index (χ0n) is 15.7. The first-order valence-electron chi connectivity index (χ1n) is 9.45. The highest BCUT2D eigenvalue weighted by molar-refractivity contribution is 5.67. The maximum absolute atomic E-state index is 12.7. The van der Waals surface area contributed by atoms with Crippen LogP contribution >= 0.6 is 0 Å². The molecule has 0 radical (unpaired) electrons. The fourth-order valence-corrected chi connectivity index (χ4v) is 3.25. The highest BCUT2D eigenvalue weighted by Gasteiger charge is 2.29. The summed E-state index contributed by atoms with van der Waals surface area (Å²) >= 11 is 0. The van der Waals surface area contributed by atoms with Crippen molar-refractivity contribution < 1.29 is 19.4 Å². The van der Waals surface area contributed by atoms with Crippen molar-refractivity contribution in [1.29, 1.82) is 0 Å². The second-order valence-electron chi connectivity index (χ2n) is 7.01. The molecule has 3 rings (SSSR count). The van der Waals surface area contributed by atoms with Crippen LogP contribution in [0, 0.1) is 0 Å². The number of amides is 1. The van der Waals surface area contributed by atoms with Gasteiger partial charge in [0, 0.05) is 6.54 Å². The molecule has 2 aromatic carbocycles. The van der Waals surface area contributed by atoms with E-state index in [0.717, 1.165) is 17.5 Å². The van der Waals surface area contributed by atoms with E-state index >= 15 is 0 Å². The van der Waals surface area contributed by atoms with Gasteiger partial charge >= 0.3 is 6.09 Å². The molecule has 0 spiro atoms. The summed E-state index contributed by atoms with van der Waals surface area (Å²) in [5.74, 6) is 0. The Morgan fingerprint density at radius 3 is 2.33 bits per heavy atom. The SMILES string of the molecule is CC1O[C@H](CN(Cc2ccccc2)C(=O)OCc2ccccc2)CCC1O. The van der Waals surface area contributed by atoms with Crippen molar-refractivity contribution in [3.63, 3.8) is 0 Å². The standard InChI is InChI=1S/C22H27NO4/c1-17-21(24)13-12-20(27-17)15-23(14-18-8-4-2-5-9-18)22(25)26-16-19-10-6-3-7-11-19/h2-11,17,20-21,24H,12-16H2,1H3/t17?,20-,21?/m0/s1. The molecule has 1 heterocycles. The van der Waals surface area contributed by atoms with E-state index in [0.29, 0.717) is 19.5 Å². The van der Waals surface area contributed by atoms with Crippen molar-refractivity contribution in [3.05, 3.63) is 71.8 Å². The van der Waals surface area contributed by atoms with Gasteiger partial charge in [0.1, 0.15) is 6.61 Å². The largest absolute Gasteiger partial charge is 0.445 e. The van der Waals surface area contributed by atoms with Crippen LogP contribution in [0.3, 0.4) is 0 Å². The van der Waals surface area contributed by atoms with Crippen LogP contribution in [0.4, 0.5) is 4.79 Å². The first-order chi connectivity index (χ1) is 13.1. The predicted molar refractivity (Wildman–Crippen MR) is 103 cm³/mol. The Bertz CT molecular complexity index is 707. The highest BCUT2D eigenvalue weighted by Crippen LogP contribution is 2.21. The van der Waals surface area contributed by atoms with E-state index in [1.54, 1.807) is 4.90 Å². The van der Waals surface area contributed by atoms with E-state index in [9.17, 15) is 9.90 Å². The van der Waals surface area contributed by atoms with E-state index in [-0.39, 0.29) is 24.9 Å². The maximum atomic E-state index is 12.7. The molecule has 0 aromatic heterocycles. The number of rotatable bonds is 6. The lowest BCUT2D eigenvalue weighted by molar-refractivity contribution is -0.114. The molecule has 1 saturated heterocycles. The van der Waals surface area contributed by atoms with Crippen LogP contribution in [-0.2, 0) is 22.6 Å². The number of carbonyl (C=O) groups excluding carboxylic acids is 1. The third-order valence-electron chi connectivity index (χ3n) is 4.84. The molecule has 5 heteroatoms. The maximum Gasteiger partial charge on any atom is 0.410 e. The Kier molecular flexibility index (Phi) is 6.85. The molecule has 0 aliphatic carbocycles. The molecule has 2 unspecified atom stereocenters. The van der Waals surface area contributed by atoms with Gasteiger partial charge in [-0.2, -0.15) is 0 Å². The summed E-state index contributed by atoms with van der Waals surface area (Å²) in [5, 5.41) is 9.85. The number of hydrogen-bond donors (Lipinski definition) is 1. The van der Waals surface area contributed by atoms with Gasteiger partial charge in [-0.25, -0.2) is 4.79 Å². The number of hydrogen-bond acceptors (Lipinski definition) is 4. The number of carbonyl (C=O) groups is 1. The van der Waals surface area contributed by atoms with Gasteiger partial charge in [0.05, 0.1) is 24.9 Å².